The lowest BCUT2D eigenvalue weighted by Gasteiger charge is -2.37. The van der Waals surface area contributed by atoms with Gasteiger partial charge in [-0.3, -0.25) is 0 Å². The predicted octanol–water partition coefficient (Wildman–Crippen LogP) is 2.13. The number of rotatable bonds is 6. The summed E-state index contributed by atoms with van der Waals surface area (Å²) >= 11 is 0. The number of hydrogen-bond acceptors (Lipinski definition) is 6. The lowest BCUT2D eigenvalue weighted by molar-refractivity contribution is 0.180. The lowest BCUT2D eigenvalue weighted by Crippen LogP contribution is -2.46. The Bertz CT molecular complexity index is 950. The van der Waals surface area contributed by atoms with Crippen LogP contribution in [0, 0.1) is 5.82 Å². The lowest BCUT2D eigenvalue weighted by atomic mass is 10.00. The van der Waals surface area contributed by atoms with Gasteiger partial charge in [0, 0.05) is 19.2 Å². The molecule has 1 aromatic carbocycles. The summed E-state index contributed by atoms with van der Waals surface area (Å²) in [6.07, 6.45) is 4.75. The van der Waals surface area contributed by atoms with Gasteiger partial charge in [-0.15, -0.1) is 5.10 Å². The molecule has 28 heavy (non-hydrogen) atoms. The van der Waals surface area contributed by atoms with Crippen LogP contribution in [0.4, 0.5) is 4.39 Å². The molecule has 152 valence electrons. The van der Waals surface area contributed by atoms with E-state index < -0.39 is 15.8 Å². The van der Waals surface area contributed by atoms with Crippen molar-refractivity contribution in [2.75, 3.05) is 14.2 Å². The van der Waals surface area contributed by atoms with E-state index in [0.717, 1.165) is 24.6 Å². The Kier molecular flexibility index (Phi) is 5.11. The summed E-state index contributed by atoms with van der Waals surface area (Å²) < 4.78 is 53.8. The number of halogens is 1. The molecule has 2 aromatic rings. The zero-order valence-corrected chi connectivity index (χ0v) is 16.6. The number of ether oxygens (including phenoxy) is 2. The molecule has 2 aliphatic heterocycles. The van der Waals surface area contributed by atoms with Crippen LogP contribution in [-0.2, 0) is 21.4 Å². The van der Waals surface area contributed by atoms with Crippen molar-refractivity contribution >= 4 is 10.0 Å². The molecule has 0 radical (unpaired) electrons. The van der Waals surface area contributed by atoms with E-state index >= 15 is 0 Å². The van der Waals surface area contributed by atoms with E-state index in [-0.39, 0.29) is 28.8 Å². The molecule has 0 amide bonds. The topological polar surface area (TPSA) is 86.5 Å². The van der Waals surface area contributed by atoms with Gasteiger partial charge >= 0.3 is 0 Å². The number of aromatic nitrogens is 3. The minimum atomic E-state index is -3.78. The van der Waals surface area contributed by atoms with Gasteiger partial charge < -0.3 is 9.47 Å². The molecule has 10 heteroatoms. The van der Waals surface area contributed by atoms with Crippen LogP contribution >= 0.6 is 0 Å². The molecule has 2 fully saturated rings. The first-order valence-electron chi connectivity index (χ1n) is 9.20. The van der Waals surface area contributed by atoms with Crippen molar-refractivity contribution in [1.29, 1.82) is 0 Å². The van der Waals surface area contributed by atoms with E-state index in [1.165, 1.54) is 19.2 Å². The van der Waals surface area contributed by atoms with E-state index in [1.54, 1.807) is 11.4 Å². The Balaban J connectivity index is 1.56. The summed E-state index contributed by atoms with van der Waals surface area (Å²) in [6.45, 7) is 0.392. The summed E-state index contributed by atoms with van der Waals surface area (Å²) in [5, 5.41) is 8.28. The van der Waals surface area contributed by atoms with Crippen LogP contribution in [0.1, 0.15) is 37.4 Å². The van der Waals surface area contributed by atoms with Gasteiger partial charge in [0.15, 0.2) is 11.6 Å². The maximum absolute atomic E-state index is 14.1. The van der Waals surface area contributed by atoms with Crippen molar-refractivity contribution in [2.45, 2.75) is 55.3 Å². The number of fused-ring (bicyclic) bond motifs is 2. The molecular formula is C18H23FN4O4S. The largest absolute Gasteiger partial charge is 0.494 e. The number of hydrogen-bond donors (Lipinski definition) is 0. The zero-order valence-electron chi connectivity index (χ0n) is 15.8. The third-order valence-electron chi connectivity index (χ3n) is 5.56. The third-order valence-corrected chi connectivity index (χ3v) is 7.56. The van der Waals surface area contributed by atoms with Gasteiger partial charge in [0.25, 0.3) is 0 Å². The Morgan fingerprint density at radius 2 is 1.89 bits per heavy atom. The normalized spacial score (nSPS) is 25.2. The highest BCUT2D eigenvalue weighted by atomic mass is 32.2. The molecule has 8 nitrogen and oxygen atoms in total. The Labute approximate surface area is 163 Å². The molecular weight excluding hydrogens is 387 g/mol. The Morgan fingerprint density at radius 3 is 2.50 bits per heavy atom. The zero-order chi connectivity index (χ0) is 19.9. The average Bonchev–Trinajstić information content (AvgIpc) is 3.25. The maximum atomic E-state index is 14.1. The highest BCUT2D eigenvalue weighted by molar-refractivity contribution is 7.89. The SMILES string of the molecule is COCc1cn(C2CC3CCC(C2)N3S(=O)(=O)c2ccc(OC)c(F)c2)nn1. The Hall–Kier alpha value is -2.04. The quantitative estimate of drug-likeness (QED) is 0.725. The molecule has 2 aliphatic rings. The van der Waals surface area contributed by atoms with E-state index in [0.29, 0.717) is 19.4 Å². The molecule has 1 aromatic heterocycles. The minimum Gasteiger partial charge on any atom is -0.494 e. The van der Waals surface area contributed by atoms with Gasteiger partial charge in [-0.1, -0.05) is 5.21 Å². The third kappa shape index (κ3) is 3.29. The van der Waals surface area contributed by atoms with Gasteiger partial charge in [0.1, 0.15) is 5.69 Å². The average molecular weight is 410 g/mol. The highest BCUT2D eigenvalue weighted by Gasteiger charge is 2.48. The van der Waals surface area contributed by atoms with Crippen molar-refractivity contribution in [2.24, 2.45) is 0 Å². The molecule has 3 heterocycles. The summed E-state index contributed by atoms with van der Waals surface area (Å²) in [4.78, 5) is -0.0377. The number of piperidine rings is 1. The molecule has 0 spiro atoms. The van der Waals surface area contributed by atoms with Crippen LogP contribution in [0.3, 0.4) is 0 Å². The second kappa shape index (κ2) is 7.41. The number of sulfonamides is 1. The first kappa shape index (κ1) is 19.3. The van der Waals surface area contributed by atoms with Crippen LogP contribution in [0.5, 0.6) is 5.75 Å². The summed E-state index contributed by atoms with van der Waals surface area (Å²) in [6, 6.07) is 3.62. The van der Waals surface area contributed by atoms with Crippen molar-refractivity contribution < 1.29 is 22.3 Å². The van der Waals surface area contributed by atoms with Crippen LogP contribution in [-0.4, -0.2) is 54.0 Å². The predicted molar refractivity (Wildman–Crippen MR) is 97.8 cm³/mol. The molecule has 2 saturated heterocycles. The van der Waals surface area contributed by atoms with Crippen molar-refractivity contribution in [3.63, 3.8) is 0 Å². The van der Waals surface area contributed by atoms with Crippen molar-refractivity contribution in [3.8, 4) is 5.75 Å². The summed E-state index contributed by atoms with van der Waals surface area (Å²) in [5.74, 6) is -0.655. The molecule has 0 saturated carbocycles. The monoisotopic (exact) mass is 410 g/mol. The Morgan fingerprint density at radius 1 is 1.18 bits per heavy atom. The fraction of sp³-hybridized carbons (Fsp3) is 0.556. The fourth-order valence-electron chi connectivity index (χ4n) is 4.35. The number of benzene rings is 1. The van der Waals surface area contributed by atoms with Gasteiger partial charge in [-0.05, 0) is 43.9 Å². The molecule has 0 aliphatic carbocycles. The van der Waals surface area contributed by atoms with E-state index in [1.807, 2.05) is 10.9 Å². The van der Waals surface area contributed by atoms with Gasteiger partial charge in [0.05, 0.1) is 30.9 Å². The van der Waals surface area contributed by atoms with Crippen LogP contribution in [0.15, 0.2) is 29.3 Å². The highest BCUT2D eigenvalue weighted by Crippen LogP contribution is 2.43. The van der Waals surface area contributed by atoms with E-state index in [9.17, 15) is 12.8 Å². The first-order valence-corrected chi connectivity index (χ1v) is 10.6. The van der Waals surface area contributed by atoms with Crippen LogP contribution in [0.25, 0.3) is 0 Å². The molecule has 2 bridgehead atoms. The molecule has 2 atom stereocenters. The van der Waals surface area contributed by atoms with Crippen molar-refractivity contribution in [3.05, 3.63) is 35.9 Å². The van der Waals surface area contributed by atoms with Gasteiger partial charge in [0.2, 0.25) is 10.0 Å². The van der Waals surface area contributed by atoms with Gasteiger partial charge in [-0.2, -0.15) is 4.31 Å². The van der Waals surface area contributed by atoms with E-state index in [4.69, 9.17) is 9.47 Å². The van der Waals surface area contributed by atoms with Crippen LogP contribution < -0.4 is 4.74 Å². The maximum Gasteiger partial charge on any atom is 0.243 e. The van der Waals surface area contributed by atoms with Crippen molar-refractivity contribution in [1.82, 2.24) is 19.3 Å². The first-order chi connectivity index (χ1) is 13.4. The van der Waals surface area contributed by atoms with Gasteiger partial charge in [-0.25, -0.2) is 17.5 Å². The summed E-state index contributed by atoms with van der Waals surface area (Å²) in [5.41, 5.74) is 0.749. The van der Waals surface area contributed by atoms with Crippen LogP contribution in [0.2, 0.25) is 0 Å². The second-order valence-corrected chi connectivity index (χ2v) is 9.11. The fourth-order valence-corrected chi connectivity index (χ4v) is 6.25. The standard InChI is InChI=1S/C18H23FN4O4S/c1-26-11-12-10-22(21-20-12)15-7-13-3-4-14(8-15)23(13)28(24,25)16-5-6-18(27-2)17(19)9-16/h5-6,9-10,13-15H,3-4,7-8,11H2,1-2H3. The molecule has 0 N–H and O–H groups in total. The molecule has 2 unspecified atom stereocenters. The number of methoxy groups -OCH3 is 2. The smallest absolute Gasteiger partial charge is 0.243 e. The summed E-state index contributed by atoms with van der Waals surface area (Å²) in [7, 11) is -0.833. The van der Waals surface area contributed by atoms with E-state index in [2.05, 4.69) is 10.3 Å². The minimum absolute atomic E-state index is 0.0266. The second-order valence-electron chi connectivity index (χ2n) is 7.26. The number of nitrogens with zero attached hydrogens (tertiary/aromatic N) is 4. The molecule has 4 rings (SSSR count).